The van der Waals surface area contributed by atoms with Crippen LogP contribution in [0.1, 0.15) is 63.5 Å². The third-order valence-corrected chi connectivity index (χ3v) is 11.2. The van der Waals surface area contributed by atoms with Gasteiger partial charge in [-0.25, -0.2) is 0 Å². The second-order valence-corrected chi connectivity index (χ2v) is 13.8. The minimum Gasteiger partial charge on any atom is -0.0654 e. The molecule has 0 amide bonds. The first-order chi connectivity index (χ1) is 23.2. The second kappa shape index (κ2) is 11.1. The van der Waals surface area contributed by atoms with Gasteiger partial charge >= 0.3 is 0 Å². The van der Waals surface area contributed by atoms with Crippen molar-refractivity contribution in [2.45, 2.75) is 57.8 Å². The molecule has 0 N–H and O–H groups in total. The lowest BCUT2D eigenvalue weighted by Crippen LogP contribution is -2.25. The second-order valence-electron chi connectivity index (χ2n) is 13.8. The number of hydrogen-bond donors (Lipinski definition) is 0. The van der Waals surface area contributed by atoms with E-state index < -0.39 is 0 Å². The third-order valence-electron chi connectivity index (χ3n) is 11.2. The fraction of sp³-hybridized carbons (Fsp3) is 0.191. The van der Waals surface area contributed by atoms with Crippen LogP contribution in [0.2, 0.25) is 0 Å². The van der Waals surface area contributed by atoms with Crippen LogP contribution in [-0.2, 0) is 5.41 Å². The van der Waals surface area contributed by atoms with Gasteiger partial charge in [-0.15, -0.1) is 0 Å². The highest BCUT2D eigenvalue weighted by Crippen LogP contribution is 2.55. The Morgan fingerprint density at radius 1 is 0.404 bits per heavy atom. The molecular formula is C47H40. The van der Waals surface area contributed by atoms with Gasteiger partial charge in [0.05, 0.1) is 0 Å². The zero-order valence-electron chi connectivity index (χ0n) is 27.4. The smallest absolute Gasteiger partial charge is 0.0215 e. The molecule has 0 atom stereocenters. The highest BCUT2D eigenvalue weighted by molar-refractivity contribution is 6.18. The van der Waals surface area contributed by atoms with Gasteiger partial charge in [0.2, 0.25) is 0 Å². The van der Waals surface area contributed by atoms with Crippen LogP contribution in [0.4, 0.5) is 0 Å². The molecule has 228 valence electrons. The summed E-state index contributed by atoms with van der Waals surface area (Å²) in [5, 5.41) is 5.29. The molecule has 0 radical (unpaired) electrons. The highest BCUT2D eigenvalue weighted by Gasteiger charge is 2.42. The van der Waals surface area contributed by atoms with Crippen molar-refractivity contribution in [3.05, 3.63) is 145 Å². The van der Waals surface area contributed by atoms with Crippen molar-refractivity contribution in [3.8, 4) is 55.6 Å². The Morgan fingerprint density at radius 2 is 0.936 bits per heavy atom. The first-order valence-corrected chi connectivity index (χ1v) is 17.6. The summed E-state index contributed by atoms with van der Waals surface area (Å²) in [6, 6.07) is 50.9. The molecule has 7 aromatic carbocycles. The standard InChI is InChI=1S/C47H40/c1-3-5-26-47(27-6-4-2)44-17-10-9-14-39(44)40-23-22-34(30-45(40)47)32-18-19-33-29-35(21-20-31(33)28-32)36-24-25-43-38-13-8-7-12-37(38)42-16-11-15-41(36)46(42)43/h7-25,28-30H,3-6,26-27H2,1-2H3. The van der Waals surface area contributed by atoms with Crippen LogP contribution in [0.5, 0.6) is 0 Å². The summed E-state index contributed by atoms with van der Waals surface area (Å²) in [6.45, 7) is 4.66. The quantitative estimate of drug-likeness (QED) is 0.162. The van der Waals surface area contributed by atoms with Gasteiger partial charge in [-0.3, -0.25) is 0 Å². The lowest BCUT2D eigenvalue weighted by atomic mass is 9.70. The van der Waals surface area contributed by atoms with Gasteiger partial charge in [0.15, 0.2) is 0 Å². The zero-order valence-corrected chi connectivity index (χ0v) is 27.4. The maximum absolute atomic E-state index is 2.54. The molecule has 2 aliphatic rings. The van der Waals surface area contributed by atoms with E-state index in [0.29, 0.717) is 0 Å². The molecule has 0 saturated carbocycles. The van der Waals surface area contributed by atoms with Gasteiger partial charge in [-0.05, 0) is 119 Å². The predicted molar refractivity (Wildman–Crippen MR) is 202 cm³/mol. The maximum atomic E-state index is 2.54. The first kappa shape index (κ1) is 28.3. The number of benzene rings is 7. The van der Waals surface area contributed by atoms with Gasteiger partial charge < -0.3 is 0 Å². The van der Waals surface area contributed by atoms with E-state index in [1.165, 1.54) is 116 Å². The van der Waals surface area contributed by atoms with Crippen LogP contribution in [0, 0.1) is 0 Å². The minimum atomic E-state index is 0.112. The highest BCUT2D eigenvalue weighted by atomic mass is 14.4. The zero-order chi connectivity index (χ0) is 31.5. The number of rotatable bonds is 8. The predicted octanol–water partition coefficient (Wildman–Crippen LogP) is 13.6. The molecule has 0 spiro atoms. The third kappa shape index (κ3) is 4.27. The van der Waals surface area contributed by atoms with Gasteiger partial charge in [0.1, 0.15) is 0 Å². The molecule has 0 heterocycles. The molecule has 0 aliphatic heterocycles. The van der Waals surface area contributed by atoms with Gasteiger partial charge in [0.25, 0.3) is 0 Å². The Labute approximate surface area is 278 Å². The molecule has 0 fully saturated rings. The average molecular weight is 605 g/mol. The van der Waals surface area contributed by atoms with E-state index in [2.05, 4.69) is 147 Å². The van der Waals surface area contributed by atoms with E-state index in [-0.39, 0.29) is 5.41 Å². The molecule has 0 nitrogen and oxygen atoms in total. The number of unbranched alkanes of at least 4 members (excludes halogenated alkanes) is 2. The molecule has 47 heavy (non-hydrogen) atoms. The lowest BCUT2D eigenvalue weighted by molar-refractivity contribution is 0.414. The van der Waals surface area contributed by atoms with E-state index in [0.717, 1.165) is 0 Å². The van der Waals surface area contributed by atoms with Crippen molar-refractivity contribution >= 4 is 21.5 Å². The lowest BCUT2D eigenvalue weighted by Gasteiger charge is -2.33. The Balaban J connectivity index is 1.11. The Kier molecular flexibility index (Phi) is 6.68. The van der Waals surface area contributed by atoms with Crippen LogP contribution >= 0.6 is 0 Å². The summed E-state index contributed by atoms with van der Waals surface area (Å²) in [7, 11) is 0. The summed E-state index contributed by atoms with van der Waals surface area (Å²) in [5.74, 6) is 0. The largest absolute Gasteiger partial charge is 0.0654 e. The van der Waals surface area contributed by atoms with Crippen LogP contribution in [0.25, 0.3) is 77.2 Å². The number of hydrogen-bond acceptors (Lipinski definition) is 0. The molecule has 2 aliphatic carbocycles. The van der Waals surface area contributed by atoms with Crippen LogP contribution < -0.4 is 0 Å². The van der Waals surface area contributed by atoms with Gasteiger partial charge in [-0.1, -0.05) is 155 Å². The van der Waals surface area contributed by atoms with Crippen molar-refractivity contribution in [2.75, 3.05) is 0 Å². The van der Waals surface area contributed by atoms with Crippen molar-refractivity contribution in [2.24, 2.45) is 0 Å². The first-order valence-electron chi connectivity index (χ1n) is 17.6. The molecule has 0 heteroatoms. The molecular weight excluding hydrogens is 565 g/mol. The average Bonchev–Trinajstić information content (AvgIpc) is 3.60. The fourth-order valence-electron chi connectivity index (χ4n) is 8.91. The molecule has 0 unspecified atom stereocenters. The monoisotopic (exact) mass is 604 g/mol. The molecule has 0 saturated heterocycles. The van der Waals surface area contributed by atoms with Crippen LogP contribution in [0.3, 0.4) is 0 Å². The Bertz CT molecular complexity index is 2300. The summed E-state index contributed by atoms with van der Waals surface area (Å²) in [6.07, 6.45) is 7.42. The Morgan fingerprint density at radius 3 is 1.68 bits per heavy atom. The topological polar surface area (TPSA) is 0 Å². The van der Waals surface area contributed by atoms with Gasteiger partial charge in [-0.2, -0.15) is 0 Å². The number of fused-ring (bicyclic) bond motifs is 7. The van der Waals surface area contributed by atoms with E-state index >= 15 is 0 Å². The van der Waals surface area contributed by atoms with E-state index in [1.54, 1.807) is 11.1 Å². The van der Waals surface area contributed by atoms with Gasteiger partial charge in [0, 0.05) is 5.41 Å². The van der Waals surface area contributed by atoms with Crippen molar-refractivity contribution < 1.29 is 0 Å². The molecule has 0 bridgehead atoms. The normalized spacial score (nSPS) is 13.6. The summed E-state index contributed by atoms with van der Waals surface area (Å²) in [4.78, 5) is 0. The SMILES string of the molecule is CCCCC1(CCCC)c2ccccc2-c2ccc(-c3ccc4cc(-c5ccc6c7c(cccc57)-c5ccccc5-6)ccc4c3)cc21. The van der Waals surface area contributed by atoms with Crippen molar-refractivity contribution in [3.63, 3.8) is 0 Å². The minimum absolute atomic E-state index is 0.112. The van der Waals surface area contributed by atoms with Crippen molar-refractivity contribution in [1.29, 1.82) is 0 Å². The van der Waals surface area contributed by atoms with Crippen LogP contribution in [0.15, 0.2) is 133 Å². The van der Waals surface area contributed by atoms with E-state index in [9.17, 15) is 0 Å². The maximum Gasteiger partial charge on any atom is 0.0215 e. The Hall–Kier alpha value is -4.94. The summed E-state index contributed by atoms with van der Waals surface area (Å²) >= 11 is 0. The molecule has 0 aromatic heterocycles. The van der Waals surface area contributed by atoms with E-state index in [4.69, 9.17) is 0 Å². The summed E-state index contributed by atoms with van der Waals surface area (Å²) in [5.41, 5.74) is 16.7. The van der Waals surface area contributed by atoms with Crippen LogP contribution in [-0.4, -0.2) is 0 Å². The summed E-state index contributed by atoms with van der Waals surface area (Å²) < 4.78 is 0. The fourth-order valence-corrected chi connectivity index (χ4v) is 8.91. The molecule has 7 aromatic rings. The molecule has 9 rings (SSSR count). The van der Waals surface area contributed by atoms with Crippen molar-refractivity contribution in [1.82, 2.24) is 0 Å². The van der Waals surface area contributed by atoms with E-state index in [1.807, 2.05) is 0 Å².